The third-order valence-corrected chi connectivity index (χ3v) is 3.44. The number of rotatable bonds is 1. The summed E-state index contributed by atoms with van der Waals surface area (Å²) in [6.45, 7) is 10.0. The average molecular weight is 216 g/mol. The molecular weight excluding hydrogens is 200 g/mol. The van der Waals surface area contributed by atoms with Crippen LogP contribution in [0.3, 0.4) is 0 Å². The highest BCUT2D eigenvalue weighted by Crippen LogP contribution is 2.26. The molecule has 84 valence electrons. The van der Waals surface area contributed by atoms with Gasteiger partial charge in [0.25, 0.3) is 0 Å². The van der Waals surface area contributed by atoms with E-state index in [-0.39, 0.29) is 5.71 Å². The van der Waals surface area contributed by atoms with Crippen molar-refractivity contribution in [2.75, 3.05) is 0 Å². The molecule has 16 heavy (non-hydrogen) atoms. The maximum absolute atomic E-state index is 8.94. The Kier molecular flexibility index (Phi) is 3.34. The third-order valence-electron chi connectivity index (χ3n) is 3.44. The summed E-state index contributed by atoms with van der Waals surface area (Å²) < 4.78 is 0. The first-order valence-corrected chi connectivity index (χ1v) is 5.15. The minimum absolute atomic E-state index is 0.0844. The number of nitrogens with zero attached hydrogens (tertiary/aromatic N) is 2. The van der Waals surface area contributed by atoms with Gasteiger partial charge in [-0.2, -0.15) is 5.26 Å². The van der Waals surface area contributed by atoms with Crippen LogP contribution in [0.2, 0.25) is 0 Å². The fraction of sp³-hybridized carbons (Fsp3) is 0.385. The van der Waals surface area contributed by atoms with E-state index in [9.17, 15) is 0 Å². The topological polar surface area (TPSA) is 56.4 Å². The zero-order valence-electron chi connectivity index (χ0n) is 10.3. The monoisotopic (exact) mass is 216 g/mol. The van der Waals surface area contributed by atoms with Gasteiger partial charge in [0, 0.05) is 5.56 Å². The fourth-order valence-electron chi connectivity index (χ4n) is 1.98. The average Bonchev–Trinajstić information content (AvgIpc) is 2.29. The normalized spacial score (nSPS) is 11.4. The molecule has 0 spiro atoms. The van der Waals surface area contributed by atoms with Crippen molar-refractivity contribution in [1.82, 2.24) is 0 Å². The van der Waals surface area contributed by atoms with Gasteiger partial charge in [-0.05, 0) is 62.4 Å². The molecule has 1 aromatic rings. The summed E-state index contributed by atoms with van der Waals surface area (Å²) in [6.07, 6.45) is 0. The molecule has 0 aliphatic rings. The summed E-state index contributed by atoms with van der Waals surface area (Å²) in [7, 11) is 0. The van der Waals surface area contributed by atoms with Gasteiger partial charge in [-0.1, -0.05) is 5.16 Å². The molecule has 0 atom stereocenters. The van der Waals surface area contributed by atoms with E-state index >= 15 is 0 Å². The molecule has 3 nitrogen and oxygen atoms in total. The molecule has 1 N–H and O–H groups in total. The Bertz CT molecular complexity index is 479. The maximum atomic E-state index is 8.94. The van der Waals surface area contributed by atoms with Gasteiger partial charge in [-0.25, -0.2) is 0 Å². The number of oxime groups is 1. The third kappa shape index (κ3) is 1.67. The zero-order valence-corrected chi connectivity index (χ0v) is 10.3. The minimum Gasteiger partial charge on any atom is -0.410 e. The summed E-state index contributed by atoms with van der Waals surface area (Å²) in [6, 6.07) is 1.92. The van der Waals surface area contributed by atoms with Crippen molar-refractivity contribution in [3.05, 3.63) is 33.4 Å². The molecule has 1 rings (SSSR count). The highest BCUT2D eigenvalue weighted by atomic mass is 16.4. The van der Waals surface area contributed by atoms with Crippen LogP contribution in [0, 0.1) is 45.9 Å². The second-order valence-corrected chi connectivity index (χ2v) is 4.06. The van der Waals surface area contributed by atoms with Crippen molar-refractivity contribution in [2.24, 2.45) is 5.16 Å². The largest absolute Gasteiger partial charge is 0.410 e. The maximum Gasteiger partial charge on any atom is 0.187 e. The van der Waals surface area contributed by atoms with E-state index < -0.39 is 0 Å². The van der Waals surface area contributed by atoms with Gasteiger partial charge in [0.05, 0.1) is 0 Å². The molecule has 0 saturated heterocycles. The predicted molar refractivity (Wildman–Crippen MR) is 64.1 cm³/mol. The molecule has 0 saturated carbocycles. The SMILES string of the molecule is Cc1c(C)c(C)c(C(C#N)=NO)c(C)c1C. The van der Waals surface area contributed by atoms with Gasteiger partial charge in [-0.3, -0.25) is 0 Å². The lowest BCUT2D eigenvalue weighted by Gasteiger charge is -2.16. The van der Waals surface area contributed by atoms with E-state index in [1.807, 2.05) is 33.8 Å². The molecule has 0 aliphatic heterocycles. The van der Waals surface area contributed by atoms with Crippen LogP contribution in [0.5, 0.6) is 0 Å². The van der Waals surface area contributed by atoms with Crippen molar-refractivity contribution < 1.29 is 5.21 Å². The molecule has 0 aromatic heterocycles. The molecule has 3 heteroatoms. The van der Waals surface area contributed by atoms with Crippen LogP contribution in [0.4, 0.5) is 0 Å². The molecule has 0 heterocycles. The Labute approximate surface area is 96.0 Å². The van der Waals surface area contributed by atoms with Gasteiger partial charge < -0.3 is 5.21 Å². The Balaban J connectivity index is 3.73. The number of hydrogen-bond donors (Lipinski definition) is 1. The first kappa shape index (κ1) is 12.3. The first-order chi connectivity index (χ1) is 7.45. The van der Waals surface area contributed by atoms with E-state index in [1.165, 1.54) is 5.56 Å². The summed E-state index contributed by atoms with van der Waals surface area (Å²) in [5.74, 6) is 0. The number of benzene rings is 1. The number of nitriles is 1. The molecule has 0 unspecified atom stereocenters. The lowest BCUT2D eigenvalue weighted by molar-refractivity contribution is 0.320. The number of hydrogen-bond acceptors (Lipinski definition) is 3. The highest BCUT2D eigenvalue weighted by Gasteiger charge is 2.16. The lowest BCUT2D eigenvalue weighted by Crippen LogP contribution is -2.08. The van der Waals surface area contributed by atoms with Crippen molar-refractivity contribution in [1.29, 1.82) is 5.26 Å². The molecule has 0 amide bonds. The van der Waals surface area contributed by atoms with Crippen LogP contribution in [0.25, 0.3) is 0 Å². The summed E-state index contributed by atoms with van der Waals surface area (Å²) in [4.78, 5) is 0. The summed E-state index contributed by atoms with van der Waals surface area (Å²) in [5.41, 5.74) is 6.38. The van der Waals surface area contributed by atoms with Gasteiger partial charge in [0.15, 0.2) is 5.71 Å². The van der Waals surface area contributed by atoms with Crippen LogP contribution < -0.4 is 0 Å². The van der Waals surface area contributed by atoms with Crippen LogP contribution >= 0.6 is 0 Å². The van der Waals surface area contributed by atoms with Crippen LogP contribution in [0.1, 0.15) is 33.4 Å². The molecule has 0 fully saturated rings. The Morgan fingerprint density at radius 1 is 0.938 bits per heavy atom. The Hall–Kier alpha value is -1.82. The Morgan fingerprint density at radius 3 is 1.62 bits per heavy atom. The second-order valence-electron chi connectivity index (χ2n) is 4.06. The minimum atomic E-state index is 0.0844. The lowest BCUT2D eigenvalue weighted by atomic mass is 9.88. The molecule has 0 aliphatic carbocycles. The molecule has 1 aromatic carbocycles. The Morgan fingerprint density at radius 2 is 1.31 bits per heavy atom. The first-order valence-electron chi connectivity index (χ1n) is 5.15. The van der Waals surface area contributed by atoms with E-state index in [1.54, 1.807) is 0 Å². The van der Waals surface area contributed by atoms with Crippen molar-refractivity contribution in [3.63, 3.8) is 0 Å². The summed E-state index contributed by atoms with van der Waals surface area (Å²) in [5, 5.41) is 20.8. The summed E-state index contributed by atoms with van der Waals surface area (Å²) >= 11 is 0. The van der Waals surface area contributed by atoms with Crippen molar-refractivity contribution in [2.45, 2.75) is 34.6 Å². The van der Waals surface area contributed by atoms with Crippen LogP contribution in [-0.2, 0) is 0 Å². The molecule has 0 radical (unpaired) electrons. The van der Waals surface area contributed by atoms with E-state index in [0.717, 1.165) is 27.8 Å². The molecule has 0 bridgehead atoms. The van der Waals surface area contributed by atoms with Gasteiger partial charge in [0.1, 0.15) is 6.07 Å². The quantitative estimate of drug-likeness (QED) is 0.446. The smallest absolute Gasteiger partial charge is 0.187 e. The second kappa shape index (κ2) is 4.36. The molecular formula is C13H16N2O. The fourth-order valence-corrected chi connectivity index (χ4v) is 1.98. The van der Waals surface area contributed by atoms with E-state index in [0.29, 0.717) is 0 Å². The van der Waals surface area contributed by atoms with Gasteiger partial charge >= 0.3 is 0 Å². The van der Waals surface area contributed by atoms with Gasteiger partial charge in [0.2, 0.25) is 0 Å². The highest BCUT2D eigenvalue weighted by molar-refractivity contribution is 6.13. The van der Waals surface area contributed by atoms with Crippen molar-refractivity contribution in [3.8, 4) is 6.07 Å². The van der Waals surface area contributed by atoms with Crippen LogP contribution in [0.15, 0.2) is 5.16 Å². The van der Waals surface area contributed by atoms with Crippen molar-refractivity contribution >= 4 is 5.71 Å². The predicted octanol–water partition coefficient (Wildman–Crippen LogP) is 2.93. The van der Waals surface area contributed by atoms with Crippen LogP contribution in [-0.4, -0.2) is 10.9 Å². The van der Waals surface area contributed by atoms with E-state index in [4.69, 9.17) is 10.5 Å². The van der Waals surface area contributed by atoms with Gasteiger partial charge in [-0.15, -0.1) is 0 Å². The zero-order chi connectivity index (χ0) is 12.5. The standard InChI is InChI=1S/C13H16N2O/c1-7-8(2)10(4)13(11(5)9(7)3)12(6-14)15-16/h16H,1-5H3. The van der Waals surface area contributed by atoms with E-state index in [2.05, 4.69) is 12.1 Å².